The van der Waals surface area contributed by atoms with Crippen molar-refractivity contribution in [2.24, 2.45) is 17.8 Å². The molecule has 0 radical (unpaired) electrons. The first-order chi connectivity index (χ1) is 11.6. The average Bonchev–Trinajstić information content (AvgIpc) is 2.61. The van der Waals surface area contributed by atoms with Gasteiger partial charge in [-0.15, -0.1) is 6.58 Å². The topological polar surface area (TPSA) is 38.3 Å². The Morgan fingerprint density at radius 1 is 1.08 bits per heavy atom. The second-order valence-electron chi connectivity index (χ2n) is 7.72. The van der Waals surface area contributed by atoms with E-state index in [1.165, 1.54) is 51.4 Å². The molecule has 2 fully saturated rings. The van der Waals surface area contributed by atoms with Gasteiger partial charge in [0.05, 0.1) is 0 Å². The van der Waals surface area contributed by atoms with E-state index >= 15 is 0 Å². The first kappa shape index (κ1) is 19.2. The van der Waals surface area contributed by atoms with E-state index in [0.29, 0.717) is 12.1 Å². The zero-order valence-corrected chi connectivity index (χ0v) is 15.4. The summed E-state index contributed by atoms with van der Waals surface area (Å²) in [5, 5.41) is 2.95. The van der Waals surface area contributed by atoms with Crippen molar-refractivity contribution in [2.75, 3.05) is 13.6 Å². The van der Waals surface area contributed by atoms with Gasteiger partial charge in [-0.2, -0.15) is 0 Å². The van der Waals surface area contributed by atoms with Gasteiger partial charge in [0, 0.05) is 12.1 Å². The Kier molecular flexibility index (Phi) is 8.04. The van der Waals surface area contributed by atoms with E-state index in [9.17, 15) is 4.79 Å². The predicted molar refractivity (Wildman–Crippen MR) is 99.8 cm³/mol. The molecule has 0 bridgehead atoms. The number of allylic oxidation sites excluding steroid dienone is 1. The molecule has 3 nitrogen and oxygen atoms in total. The highest BCUT2D eigenvalue weighted by Gasteiger charge is 2.31. The largest absolute Gasteiger partial charge is 0.459 e. The summed E-state index contributed by atoms with van der Waals surface area (Å²) in [6, 6.07) is 0. The lowest BCUT2D eigenvalue weighted by Gasteiger charge is -2.37. The molecule has 0 aromatic carbocycles. The highest BCUT2D eigenvalue weighted by molar-refractivity contribution is 5.88. The summed E-state index contributed by atoms with van der Waals surface area (Å²) < 4.78 is 5.61. The van der Waals surface area contributed by atoms with Gasteiger partial charge in [-0.1, -0.05) is 25.5 Å². The van der Waals surface area contributed by atoms with Gasteiger partial charge in [-0.25, -0.2) is 4.79 Å². The number of carbonyl (C=O) groups excluding carboxylic acids is 1. The number of likely N-dealkylation sites (N-methyl/N-ethyl adjacent to an activating group) is 1. The fraction of sp³-hybridized carbons (Fsp3) is 0.762. The number of hydrogen-bond donors (Lipinski definition) is 1. The van der Waals surface area contributed by atoms with Crippen molar-refractivity contribution >= 4 is 5.97 Å². The van der Waals surface area contributed by atoms with Crippen molar-refractivity contribution in [2.45, 2.75) is 70.3 Å². The SMILES string of the molecule is C=CCCC1CCC(C2CCC(OC(=O)C(=C)CNC)CC2)CC1. The Bertz CT molecular complexity index is 416. The number of carbonyl (C=O) groups is 1. The monoisotopic (exact) mass is 333 g/mol. The Morgan fingerprint density at radius 2 is 1.67 bits per heavy atom. The third-order valence-corrected chi connectivity index (χ3v) is 6.01. The molecule has 0 atom stereocenters. The highest BCUT2D eigenvalue weighted by atomic mass is 16.5. The minimum atomic E-state index is -0.226. The molecule has 0 aromatic heterocycles. The predicted octanol–water partition coefficient (Wildman–Crippen LogP) is 4.64. The number of nitrogens with one attached hydrogen (secondary N) is 1. The van der Waals surface area contributed by atoms with Crippen molar-refractivity contribution in [1.29, 1.82) is 0 Å². The van der Waals surface area contributed by atoms with E-state index in [4.69, 9.17) is 4.74 Å². The molecule has 0 amide bonds. The molecular weight excluding hydrogens is 298 g/mol. The maximum Gasteiger partial charge on any atom is 0.334 e. The van der Waals surface area contributed by atoms with E-state index in [1.807, 2.05) is 7.05 Å². The molecule has 2 rings (SSSR count). The summed E-state index contributed by atoms with van der Waals surface area (Å²) in [7, 11) is 1.82. The number of rotatable bonds is 8. The van der Waals surface area contributed by atoms with Gasteiger partial charge in [-0.3, -0.25) is 0 Å². The molecule has 2 aliphatic carbocycles. The van der Waals surface area contributed by atoms with Crippen LogP contribution in [0.4, 0.5) is 0 Å². The molecule has 2 aliphatic rings. The van der Waals surface area contributed by atoms with Crippen LogP contribution in [0.3, 0.4) is 0 Å². The maximum absolute atomic E-state index is 11.9. The summed E-state index contributed by atoms with van der Waals surface area (Å²) in [4.78, 5) is 11.9. The number of hydrogen-bond acceptors (Lipinski definition) is 3. The van der Waals surface area contributed by atoms with E-state index in [-0.39, 0.29) is 12.1 Å². The van der Waals surface area contributed by atoms with Gasteiger partial charge in [0.2, 0.25) is 0 Å². The van der Waals surface area contributed by atoms with Crippen LogP contribution >= 0.6 is 0 Å². The van der Waals surface area contributed by atoms with Crippen LogP contribution < -0.4 is 5.32 Å². The third kappa shape index (κ3) is 5.77. The molecule has 2 saturated carbocycles. The van der Waals surface area contributed by atoms with Gasteiger partial charge in [0.25, 0.3) is 0 Å². The second kappa shape index (κ2) is 10.0. The Labute approximate surface area is 147 Å². The molecule has 136 valence electrons. The smallest absolute Gasteiger partial charge is 0.334 e. The zero-order chi connectivity index (χ0) is 17.4. The molecule has 0 aromatic rings. The van der Waals surface area contributed by atoms with Crippen LogP contribution in [0, 0.1) is 17.8 Å². The van der Waals surface area contributed by atoms with Gasteiger partial charge in [0.1, 0.15) is 6.10 Å². The lowest BCUT2D eigenvalue weighted by Crippen LogP contribution is -2.30. The molecule has 0 unspecified atom stereocenters. The quantitative estimate of drug-likeness (QED) is 0.399. The number of esters is 1. The van der Waals surface area contributed by atoms with Crippen molar-refractivity contribution in [3.63, 3.8) is 0 Å². The van der Waals surface area contributed by atoms with E-state index in [0.717, 1.165) is 30.6 Å². The van der Waals surface area contributed by atoms with E-state index in [1.54, 1.807) is 0 Å². The summed E-state index contributed by atoms with van der Waals surface area (Å²) in [5.74, 6) is 2.45. The minimum Gasteiger partial charge on any atom is -0.459 e. The van der Waals surface area contributed by atoms with Crippen LogP contribution in [0.1, 0.15) is 64.2 Å². The first-order valence-corrected chi connectivity index (χ1v) is 9.78. The van der Waals surface area contributed by atoms with Crippen molar-refractivity contribution in [1.82, 2.24) is 5.32 Å². The summed E-state index contributed by atoms with van der Waals surface area (Å²) >= 11 is 0. The minimum absolute atomic E-state index is 0.103. The van der Waals surface area contributed by atoms with Gasteiger partial charge in [-0.05, 0) is 76.2 Å². The molecule has 0 saturated heterocycles. The van der Waals surface area contributed by atoms with Crippen molar-refractivity contribution in [3.05, 3.63) is 24.8 Å². The summed E-state index contributed by atoms with van der Waals surface area (Å²) in [6.45, 7) is 8.12. The van der Waals surface area contributed by atoms with Gasteiger partial charge in [0.15, 0.2) is 0 Å². The highest BCUT2D eigenvalue weighted by Crippen LogP contribution is 2.41. The molecular formula is C21H35NO2. The number of ether oxygens (including phenoxy) is 1. The molecule has 0 spiro atoms. The Morgan fingerprint density at radius 3 is 2.21 bits per heavy atom. The Hall–Kier alpha value is -1.09. The van der Waals surface area contributed by atoms with Crippen LogP contribution in [0.2, 0.25) is 0 Å². The second-order valence-corrected chi connectivity index (χ2v) is 7.72. The standard InChI is InChI=1S/C21H35NO2/c1-4-5-6-17-7-9-18(10-8-17)19-11-13-20(14-12-19)24-21(23)16(2)15-22-3/h4,17-20,22H,1-2,5-15H2,3H3. The molecule has 24 heavy (non-hydrogen) atoms. The fourth-order valence-corrected chi connectivity index (χ4v) is 4.50. The fourth-order valence-electron chi connectivity index (χ4n) is 4.50. The molecule has 3 heteroatoms. The first-order valence-electron chi connectivity index (χ1n) is 9.78. The van der Waals surface area contributed by atoms with Crippen LogP contribution in [-0.2, 0) is 9.53 Å². The third-order valence-electron chi connectivity index (χ3n) is 6.01. The Balaban J connectivity index is 1.67. The normalized spacial score (nSPS) is 30.5. The van der Waals surface area contributed by atoms with Crippen LogP contribution in [0.15, 0.2) is 24.8 Å². The van der Waals surface area contributed by atoms with Crippen LogP contribution in [0.5, 0.6) is 0 Å². The molecule has 0 heterocycles. The molecule has 1 N–H and O–H groups in total. The average molecular weight is 334 g/mol. The van der Waals surface area contributed by atoms with Crippen LogP contribution in [0.25, 0.3) is 0 Å². The lowest BCUT2D eigenvalue weighted by molar-refractivity contribution is -0.146. The van der Waals surface area contributed by atoms with E-state index < -0.39 is 0 Å². The van der Waals surface area contributed by atoms with Gasteiger partial charge < -0.3 is 10.1 Å². The maximum atomic E-state index is 11.9. The van der Waals surface area contributed by atoms with Gasteiger partial charge >= 0.3 is 5.97 Å². The van der Waals surface area contributed by atoms with E-state index in [2.05, 4.69) is 24.6 Å². The van der Waals surface area contributed by atoms with Crippen molar-refractivity contribution < 1.29 is 9.53 Å². The lowest BCUT2D eigenvalue weighted by atomic mass is 9.70. The summed E-state index contributed by atoms with van der Waals surface area (Å²) in [5.41, 5.74) is 0.525. The molecule has 0 aliphatic heterocycles. The zero-order valence-electron chi connectivity index (χ0n) is 15.4. The van der Waals surface area contributed by atoms with Crippen LogP contribution in [-0.4, -0.2) is 25.7 Å². The van der Waals surface area contributed by atoms with Crippen molar-refractivity contribution in [3.8, 4) is 0 Å². The summed E-state index contributed by atoms with van der Waals surface area (Å²) in [6.07, 6.45) is 14.8.